The first-order chi connectivity index (χ1) is 15.9. The Hall–Kier alpha value is -2.61. The van der Waals surface area contributed by atoms with Crippen molar-refractivity contribution in [3.63, 3.8) is 0 Å². The highest BCUT2D eigenvalue weighted by atomic mass is 16.5. The van der Waals surface area contributed by atoms with Gasteiger partial charge in [-0.05, 0) is 6.42 Å². The molecule has 3 amide bonds. The third kappa shape index (κ3) is 11.7. The van der Waals surface area contributed by atoms with Gasteiger partial charge in [0.25, 0.3) is 0 Å². The van der Waals surface area contributed by atoms with Crippen LogP contribution in [0, 0.1) is 0 Å². The van der Waals surface area contributed by atoms with Crippen LogP contribution >= 0.6 is 0 Å². The summed E-state index contributed by atoms with van der Waals surface area (Å²) in [5, 5.41) is 15.3. The summed E-state index contributed by atoms with van der Waals surface area (Å²) in [6.07, 6.45) is 2.08. The Morgan fingerprint density at radius 3 is 2.64 bits per heavy atom. The number of nitrogens with one attached hydrogen (secondary N) is 1. The number of nitrogens with two attached hydrogens (primary N) is 1. The highest BCUT2D eigenvalue weighted by Gasteiger charge is 2.31. The minimum absolute atomic E-state index is 0.00766. The second-order valence-corrected chi connectivity index (χ2v) is 7.26. The van der Waals surface area contributed by atoms with Gasteiger partial charge in [0, 0.05) is 46.0 Å². The molecule has 0 aromatic rings. The lowest BCUT2D eigenvalue weighted by molar-refractivity contribution is -0.150. The zero-order valence-corrected chi connectivity index (χ0v) is 19.4. The van der Waals surface area contributed by atoms with E-state index >= 15 is 0 Å². The smallest absolute Gasteiger partial charge is 0.248 e. The Labute approximate surface area is 193 Å². The zero-order chi connectivity index (χ0) is 24.5. The summed E-state index contributed by atoms with van der Waals surface area (Å²) in [5.74, 6) is 4.67. The van der Waals surface area contributed by atoms with E-state index in [9.17, 15) is 14.4 Å². The van der Waals surface area contributed by atoms with Gasteiger partial charge in [0.05, 0.1) is 25.9 Å². The predicted molar refractivity (Wildman–Crippen MR) is 121 cm³/mol. The van der Waals surface area contributed by atoms with Crippen LogP contribution in [-0.2, 0) is 28.6 Å². The number of hydrazone groups is 1. The molecule has 0 saturated carbocycles. The third-order valence-corrected chi connectivity index (χ3v) is 4.59. The fourth-order valence-corrected chi connectivity index (χ4v) is 2.77. The monoisotopic (exact) mass is 472 g/mol. The molecule has 0 aromatic carbocycles. The van der Waals surface area contributed by atoms with Gasteiger partial charge >= 0.3 is 0 Å². The van der Waals surface area contributed by atoms with Gasteiger partial charge in [0.1, 0.15) is 25.5 Å². The normalized spacial score (nSPS) is 14.4. The summed E-state index contributed by atoms with van der Waals surface area (Å²) in [4.78, 5) is 42.5. The Balaban J connectivity index is 2.20. The molecule has 1 aliphatic rings. The van der Waals surface area contributed by atoms with E-state index in [-0.39, 0.29) is 63.3 Å². The van der Waals surface area contributed by atoms with Crippen LogP contribution in [0.5, 0.6) is 0 Å². The topological polar surface area (TPSA) is 168 Å². The Morgan fingerprint density at radius 1 is 1.24 bits per heavy atom. The van der Waals surface area contributed by atoms with Crippen LogP contribution in [0.3, 0.4) is 0 Å². The van der Waals surface area contributed by atoms with Crippen molar-refractivity contribution in [2.24, 2.45) is 15.9 Å². The summed E-state index contributed by atoms with van der Waals surface area (Å²) < 4.78 is 15.8. The zero-order valence-electron chi connectivity index (χ0n) is 19.4. The minimum atomic E-state index is -0.220. The van der Waals surface area contributed by atoms with Crippen LogP contribution < -0.4 is 11.2 Å². The van der Waals surface area contributed by atoms with E-state index in [4.69, 9.17) is 25.2 Å². The minimum Gasteiger partial charge on any atom is -0.395 e. The number of carbonyl (C=O) groups excluding carboxylic acids is 3. The van der Waals surface area contributed by atoms with Gasteiger partial charge in [0.15, 0.2) is 0 Å². The van der Waals surface area contributed by atoms with Gasteiger partial charge in [0.2, 0.25) is 17.7 Å². The molecule has 0 unspecified atom stereocenters. The van der Waals surface area contributed by atoms with Crippen LogP contribution in [0.15, 0.2) is 10.1 Å². The molecule has 0 atom stereocenters. The highest BCUT2D eigenvalue weighted by Crippen LogP contribution is 2.12. The van der Waals surface area contributed by atoms with E-state index in [2.05, 4.69) is 15.4 Å². The van der Waals surface area contributed by atoms with E-state index in [1.165, 1.54) is 18.2 Å². The van der Waals surface area contributed by atoms with Crippen molar-refractivity contribution < 1.29 is 33.7 Å². The molecule has 0 bridgehead atoms. The van der Waals surface area contributed by atoms with E-state index in [0.717, 1.165) is 6.42 Å². The number of amides is 3. The van der Waals surface area contributed by atoms with E-state index in [0.29, 0.717) is 38.5 Å². The maximum atomic E-state index is 12.2. The largest absolute Gasteiger partial charge is 0.395 e. The van der Waals surface area contributed by atoms with Crippen LogP contribution in [0.4, 0.5) is 0 Å². The Morgan fingerprint density at radius 2 is 2.00 bits per heavy atom. The van der Waals surface area contributed by atoms with Gasteiger partial charge in [-0.25, -0.2) is 0 Å². The highest BCUT2D eigenvalue weighted by molar-refractivity contribution is 6.31. The van der Waals surface area contributed by atoms with E-state index < -0.39 is 0 Å². The average Bonchev–Trinajstić information content (AvgIpc) is 2.77. The molecule has 33 heavy (non-hydrogen) atoms. The van der Waals surface area contributed by atoms with Crippen molar-refractivity contribution in [3.8, 4) is 0 Å². The first-order valence-electron chi connectivity index (χ1n) is 10.8. The molecule has 0 spiro atoms. The van der Waals surface area contributed by atoms with Crippen molar-refractivity contribution in [2.45, 2.75) is 19.4 Å². The van der Waals surface area contributed by atoms with Crippen molar-refractivity contribution in [1.82, 2.24) is 15.1 Å². The fourth-order valence-electron chi connectivity index (χ4n) is 2.77. The molecule has 0 aliphatic carbocycles. The quantitative estimate of drug-likeness (QED) is 0.120. The van der Waals surface area contributed by atoms with Crippen LogP contribution in [0.2, 0.25) is 0 Å². The standard InChI is InChI=1S/C20H36N6O7/c1-3-4-23-18(28)10-22-9-16(24-21)13-32-15-20(30)26-11-17(12-26)33-8-6-25(5-7-27)19(29)14-31-2/h9,17,27H,3-8,10-15,21H2,1-2H3,(H,23,28)/b22-9?,24-16+. The molecular formula is C20H36N6O7. The number of aliphatic hydroxyl groups is 1. The predicted octanol–water partition coefficient (Wildman–Crippen LogP) is -2.39. The van der Waals surface area contributed by atoms with Gasteiger partial charge in [-0.2, -0.15) is 5.10 Å². The van der Waals surface area contributed by atoms with Gasteiger partial charge in [-0.15, -0.1) is 0 Å². The molecular weight excluding hydrogens is 436 g/mol. The molecule has 1 saturated heterocycles. The average molecular weight is 473 g/mol. The third-order valence-electron chi connectivity index (χ3n) is 4.59. The number of likely N-dealkylation sites (tertiary alicyclic amines) is 1. The number of hydrogen-bond donors (Lipinski definition) is 3. The number of rotatable bonds is 17. The van der Waals surface area contributed by atoms with Crippen molar-refractivity contribution in [2.75, 3.05) is 79.4 Å². The van der Waals surface area contributed by atoms with Crippen LogP contribution in [0.25, 0.3) is 0 Å². The molecule has 13 nitrogen and oxygen atoms in total. The Bertz CT molecular complexity index is 667. The number of nitrogens with zero attached hydrogens (tertiary/aromatic N) is 4. The molecule has 1 heterocycles. The molecule has 188 valence electrons. The van der Waals surface area contributed by atoms with Gasteiger partial charge in [-0.1, -0.05) is 6.92 Å². The fraction of sp³-hybridized carbons (Fsp3) is 0.750. The van der Waals surface area contributed by atoms with E-state index in [1.54, 1.807) is 4.90 Å². The molecule has 1 aliphatic heterocycles. The lowest BCUT2D eigenvalue weighted by Gasteiger charge is -2.39. The second kappa shape index (κ2) is 16.9. The lowest BCUT2D eigenvalue weighted by Crippen LogP contribution is -2.56. The number of ether oxygens (including phenoxy) is 3. The number of methoxy groups -OCH3 is 1. The van der Waals surface area contributed by atoms with Crippen LogP contribution in [-0.4, -0.2) is 130 Å². The summed E-state index contributed by atoms with van der Waals surface area (Å²) in [6.45, 7) is 3.87. The van der Waals surface area contributed by atoms with Crippen LogP contribution in [0.1, 0.15) is 13.3 Å². The van der Waals surface area contributed by atoms with Crippen molar-refractivity contribution >= 4 is 29.6 Å². The second-order valence-electron chi connectivity index (χ2n) is 7.26. The van der Waals surface area contributed by atoms with Gasteiger partial charge < -0.3 is 40.3 Å². The number of aliphatic imine (C=N–C) groups is 1. The number of carbonyl (C=O) groups is 3. The summed E-state index contributed by atoms with van der Waals surface area (Å²) in [5.41, 5.74) is 0.311. The molecule has 4 N–H and O–H groups in total. The summed E-state index contributed by atoms with van der Waals surface area (Å²) >= 11 is 0. The number of hydrogen-bond acceptors (Lipinski definition) is 10. The summed E-state index contributed by atoms with van der Waals surface area (Å²) in [7, 11) is 1.43. The SMILES string of the molecule is CCCNC(=O)CN=C/C(COCC(=O)N1CC(OCCN(CCO)C(=O)COC)C1)=N\N. The number of aliphatic hydroxyl groups excluding tert-OH is 1. The molecule has 1 fully saturated rings. The molecule has 0 aromatic heterocycles. The first kappa shape index (κ1) is 28.4. The Kier molecular flexibility index (Phi) is 14.6. The maximum Gasteiger partial charge on any atom is 0.248 e. The molecule has 1 rings (SSSR count). The van der Waals surface area contributed by atoms with Crippen molar-refractivity contribution in [1.29, 1.82) is 0 Å². The molecule has 13 heteroatoms. The van der Waals surface area contributed by atoms with Crippen molar-refractivity contribution in [3.05, 3.63) is 0 Å². The first-order valence-corrected chi connectivity index (χ1v) is 10.8. The maximum absolute atomic E-state index is 12.2. The lowest BCUT2D eigenvalue weighted by atomic mass is 10.1. The van der Waals surface area contributed by atoms with Gasteiger partial charge in [-0.3, -0.25) is 19.4 Å². The summed E-state index contributed by atoms with van der Waals surface area (Å²) in [6, 6.07) is 0. The van der Waals surface area contributed by atoms with E-state index in [1.807, 2.05) is 6.92 Å². The molecule has 0 radical (unpaired) electrons.